The average molecular weight is 220 g/mol. The van der Waals surface area contributed by atoms with Crippen molar-refractivity contribution in [2.24, 2.45) is 0 Å². The molecule has 0 spiro atoms. The van der Waals surface area contributed by atoms with Crippen LogP contribution >= 0.6 is 0 Å². The summed E-state index contributed by atoms with van der Waals surface area (Å²) in [4.78, 5) is 15.4. The summed E-state index contributed by atoms with van der Waals surface area (Å²) in [5, 5.41) is 2.74. The van der Waals surface area contributed by atoms with Crippen molar-refractivity contribution < 1.29 is 9.53 Å². The number of carbonyl (C=O) groups excluding carboxylic acids is 1. The Morgan fingerprint density at radius 2 is 2.44 bits per heavy atom. The van der Waals surface area contributed by atoms with Gasteiger partial charge in [-0.15, -0.1) is 0 Å². The molecule has 0 atom stereocenters. The first-order valence-corrected chi connectivity index (χ1v) is 5.10. The molecule has 1 aromatic heterocycles. The van der Waals surface area contributed by atoms with Crippen LogP contribution in [0.25, 0.3) is 0 Å². The molecule has 0 aliphatic heterocycles. The smallest absolute Gasteiger partial charge is 0.252 e. The van der Waals surface area contributed by atoms with Crippen LogP contribution in [0.15, 0.2) is 36.7 Å². The van der Waals surface area contributed by atoms with E-state index in [1.165, 1.54) is 6.20 Å². The Hall–Kier alpha value is -1.68. The van der Waals surface area contributed by atoms with Gasteiger partial charge in [0.05, 0.1) is 18.8 Å². The van der Waals surface area contributed by atoms with Crippen LogP contribution in [-0.2, 0) is 4.74 Å². The third-order valence-electron chi connectivity index (χ3n) is 1.80. The highest BCUT2D eigenvalue weighted by Gasteiger charge is 2.03. The number of ether oxygens (including phenoxy) is 1. The Morgan fingerprint density at radius 3 is 3.06 bits per heavy atom. The Labute approximate surface area is 95.3 Å². The van der Waals surface area contributed by atoms with Crippen LogP contribution in [0, 0.1) is 0 Å². The van der Waals surface area contributed by atoms with Crippen LogP contribution in [0.1, 0.15) is 17.3 Å². The van der Waals surface area contributed by atoms with Crippen molar-refractivity contribution >= 4 is 5.91 Å². The van der Waals surface area contributed by atoms with Crippen LogP contribution < -0.4 is 5.32 Å². The highest BCUT2D eigenvalue weighted by molar-refractivity contribution is 5.93. The van der Waals surface area contributed by atoms with E-state index in [4.69, 9.17) is 4.74 Å². The van der Waals surface area contributed by atoms with Gasteiger partial charge in [0, 0.05) is 18.9 Å². The number of aromatic nitrogens is 1. The minimum absolute atomic E-state index is 0.132. The molecule has 0 aromatic carbocycles. The summed E-state index contributed by atoms with van der Waals surface area (Å²) in [6.07, 6.45) is 3.16. The van der Waals surface area contributed by atoms with Gasteiger partial charge in [0.1, 0.15) is 0 Å². The molecule has 0 fully saturated rings. The number of amides is 1. The minimum Gasteiger partial charge on any atom is -0.375 e. The number of hydrogen-bond acceptors (Lipinski definition) is 3. The van der Waals surface area contributed by atoms with E-state index in [-0.39, 0.29) is 5.91 Å². The first-order valence-electron chi connectivity index (χ1n) is 5.10. The second-order valence-corrected chi connectivity index (χ2v) is 3.51. The number of pyridine rings is 1. The zero-order chi connectivity index (χ0) is 11.8. The van der Waals surface area contributed by atoms with E-state index >= 15 is 0 Å². The third-order valence-corrected chi connectivity index (χ3v) is 1.80. The highest BCUT2D eigenvalue weighted by Crippen LogP contribution is 1.94. The van der Waals surface area contributed by atoms with E-state index in [9.17, 15) is 4.79 Å². The van der Waals surface area contributed by atoms with Crippen molar-refractivity contribution in [2.75, 3.05) is 19.8 Å². The lowest BCUT2D eigenvalue weighted by atomic mass is 10.3. The molecular formula is C12H16N2O2. The van der Waals surface area contributed by atoms with Crippen LogP contribution in [0.5, 0.6) is 0 Å². The lowest BCUT2D eigenvalue weighted by Gasteiger charge is -2.05. The largest absolute Gasteiger partial charge is 0.375 e. The van der Waals surface area contributed by atoms with Gasteiger partial charge in [0.2, 0.25) is 0 Å². The van der Waals surface area contributed by atoms with E-state index in [2.05, 4.69) is 16.9 Å². The minimum atomic E-state index is -0.132. The summed E-state index contributed by atoms with van der Waals surface area (Å²) < 4.78 is 5.25. The number of nitrogens with zero attached hydrogens (tertiary/aromatic N) is 1. The fourth-order valence-corrected chi connectivity index (χ4v) is 1.08. The van der Waals surface area contributed by atoms with E-state index in [0.717, 1.165) is 5.57 Å². The van der Waals surface area contributed by atoms with Gasteiger partial charge in [0.25, 0.3) is 5.91 Å². The van der Waals surface area contributed by atoms with Crippen molar-refractivity contribution in [1.29, 1.82) is 0 Å². The second-order valence-electron chi connectivity index (χ2n) is 3.51. The molecule has 0 unspecified atom stereocenters. The van der Waals surface area contributed by atoms with Gasteiger partial charge in [0.15, 0.2) is 0 Å². The van der Waals surface area contributed by atoms with E-state index in [1.54, 1.807) is 18.3 Å². The summed E-state index contributed by atoms with van der Waals surface area (Å²) in [5.74, 6) is -0.132. The zero-order valence-electron chi connectivity index (χ0n) is 9.40. The maximum Gasteiger partial charge on any atom is 0.252 e. The molecule has 1 aromatic rings. The summed E-state index contributed by atoms with van der Waals surface area (Å²) in [6, 6.07) is 3.45. The topological polar surface area (TPSA) is 51.2 Å². The maximum atomic E-state index is 11.5. The van der Waals surface area contributed by atoms with Crippen molar-refractivity contribution in [3.63, 3.8) is 0 Å². The van der Waals surface area contributed by atoms with Gasteiger partial charge in [-0.2, -0.15) is 0 Å². The monoisotopic (exact) mass is 220 g/mol. The normalized spacial score (nSPS) is 9.81. The SMILES string of the molecule is C=C(C)COCCNC(=O)c1cccnc1. The quantitative estimate of drug-likeness (QED) is 0.582. The lowest BCUT2D eigenvalue weighted by Crippen LogP contribution is -2.27. The molecule has 0 bridgehead atoms. The van der Waals surface area contributed by atoms with Crippen molar-refractivity contribution in [2.45, 2.75) is 6.92 Å². The van der Waals surface area contributed by atoms with Gasteiger partial charge in [-0.25, -0.2) is 0 Å². The van der Waals surface area contributed by atoms with Gasteiger partial charge < -0.3 is 10.1 Å². The second kappa shape index (κ2) is 6.74. The molecule has 0 aliphatic carbocycles. The Balaban J connectivity index is 2.19. The number of carbonyl (C=O) groups is 1. The zero-order valence-corrected chi connectivity index (χ0v) is 9.40. The molecular weight excluding hydrogens is 204 g/mol. The van der Waals surface area contributed by atoms with E-state index in [1.807, 2.05) is 6.92 Å². The summed E-state index contributed by atoms with van der Waals surface area (Å²) in [6.45, 7) is 7.11. The fourth-order valence-electron chi connectivity index (χ4n) is 1.08. The van der Waals surface area contributed by atoms with Gasteiger partial charge in [-0.3, -0.25) is 9.78 Å². The predicted octanol–water partition coefficient (Wildman–Crippen LogP) is 1.40. The molecule has 1 amide bonds. The predicted molar refractivity (Wildman–Crippen MR) is 62.2 cm³/mol. The Morgan fingerprint density at radius 1 is 1.62 bits per heavy atom. The number of hydrogen-bond donors (Lipinski definition) is 1. The van der Waals surface area contributed by atoms with E-state index in [0.29, 0.717) is 25.3 Å². The average Bonchev–Trinajstić information content (AvgIpc) is 2.29. The summed E-state index contributed by atoms with van der Waals surface area (Å²) >= 11 is 0. The Kier molecular flexibility index (Phi) is 5.22. The van der Waals surface area contributed by atoms with Crippen LogP contribution in [0.3, 0.4) is 0 Å². The van der Waals surface area contributed by atoms with Crippen molar-refractivity contribution in [3.8, 4) is 0 Å². The van der Waals surface area contributed by atoms with Gasteiger partial charge >= 0.3 is 0 Å². The molecule has 16 heavy (non-hydrogen) atoms. The summed E-state index contributed by atoms with van der Waals surface area (Å²) in [5.41, 5.74) is 1.53. The number of nitrogens with one attached hydrogen (secondary N) is 1. The third kappa shape index (κ3) is 4.70. The first kappa shape index (κ1) is 12.4. The molecule has 1 N–H and O–H groups in total. The number of rotatable bonds is 6. The highest BCUT2D eigenvalue weighted by atomic mass is 16.5. The lowest BCUT2D eigenvalue weighted by molar-refractivity contribution is 0.0926. The van der Waals surface area contributed by atoms with Crippen molar-refractivity contribution in [3.05, 3.63) is 42.2 Å². The van der Waals surface area contributed by atoms with Crippen molar-refractivity contribution in [1.82, 2.24) is 10.3 Å². The summed E-state index contributed by atoms with van der Waals surface area (Å²) in [7, 11) is 0. The molecule has 0 radical (unpaired) electrons. The molecule has 4 nitrogen and oxygen atoms in total. The molecule has 1 heterocycles. The molecule has 0 saturated carbocycles. The van der Waals surface area contributed by atoms with Gasteiger partial charge in [-0.05, 0) is 19.1 Å². The Bertz CT molecular complexity index is 349. The van der Waals surface area contributed by atoms with Gasteiger partial charge in [-0.1, -0.05) is 12.2 Å². The molecule has 86 valence electrons. The van der Waals surface area contributed by atoms with Crippen LogP contribution in [0.2, 0.25) is 0 Å². The standard InChI is InChI=1S/C12H16N2O2/c1-10(2)9-16-7-6-14-12(15)11-4-3-5-13-8-11/h3-5,8H,1,6-7,9H2,2H3,(H,14,15). The molecule has 4 heteroatoms. The maximum absolute atomic E-state index is 11.5. The first-order chi connectivity index (χ1) is 7.70. The molecule has 0 saturated heterocycles. The van der Waals surface area contributed by atoms with Crippen LogP contribution in [-0.4, -0.2) is 30.6 Å². The molecule has 0 aliphatic rings. The van der Waals surface area contributed by atoms with E-state index < -0.39 is 0 Å². The fraction of sp³-hybridized carbons (Fsp3) is 0.333. The molecule has 1 rings (SSSR count). The van der Waals surface area contributed by atoms with Crippen LogP contribution in [0.4, 0.5) is 0 Å².